The van der Waals surface area contributed by atoms with Crippen LogP contribution in [0.15, 0.2) is 96.2 Å². The number of hydrogen-bond acceptors (Lipinski definition) is 8. The van der Waals surface area contributed by atoms with E-state index in [1.165, 1.54) is 20.0 Å². The van der Waals surface area contributed by atoms with Crippen molar-refractivity contribution in [2.75, 3.05) is 34.3 Å². The summed E-state index contributed by atoms with van der Waals surface area (Å²) < 4.78 is 34.7. The highest BCUT2D eigenvalue weighted by atomic mass is 32.2. The predicted octanol–water partition coefficient (Wildman–Crippen LogP) is 7.20. The second-order valence-electron chi connectivity index (χ2n) is 14.6. The van der Waals surface area contributed by atoms with Crippen LogP contribution in [0.4, 0.5) is 0 Å². The second-order valence-corrected chi connectivity index (χ2v) is 16.4. The van der Waals surface area contributed by atoms with Gasteiger partial charge in [0.1, 0.15) is 17.0 Å². The summed E-state index contributed by atoms with van der Waals surface area (Å²) in [5.41, 5.74) is 10.4. The fourth-order valence-electron chi connectivity index (χ4n) is 7.29. The number of benzene rings is 4. The average molecular weight is 756 g/mol. The van der Waals surface area contributed by atoms with Crippen LogP contribution in [0.1, 0.15) is 50.2 Å². The van der Waals surface area contributed by atoms with Crippen molar-refractivity contribution in [1.29, 1.82) is 0 Å². The number of hydrogen-bond donors (Lipinski definition) is 0. The number of carbonyl (C=O) groups is 2. The quantitative estimate of drug-likeness (QED) is 0.137. The third kappa shape index (κ3) is 7.67. The van der Waals surface area contributed by atoms with Gasteiger partial charge in [-0.1, -0.05) is 42.0 Å². The van der Waals surface area contributed by atoms with E-state index in [9.17, 15) is 18.0 Å². The molecule has 0 N–H and O–H groups in total. The maximum absolute atomic E-state index is 14.1. The van der Waals surface area contributed by atoms with Crippen molar-refractivity contribution in [2.45, 2.75) is 51.5 Å². The summed E-state index contributed by atoms with van der Waals surface area (Å²) in [6.07, 6.45) is 4.97. The number of nitrogens with zero attached hydrogens (tertiary/aromatic N) is 5. The van der Waals surface area contributed by atoms with Gasteiger partial charge in [0.15, 0.2) is 5.65 Å². The molecule has 10 nitrogen and oxygen atoms in total. The smallest absolute Gasteiger partial charge is 0.269 e. The van der Waals surface area contributed by atoms with Gasteiger partial charge in [0.25, 0.3) is 15.9 Å². The molecule has 282 valence electrons. The molecule has 0 fully saturated rings. The highest BCUT2D eigenvalue weighted by molar-refractivity contribution is 7.90. The molecule has 0 saturated carbocycles. The van der Waals surface area contributed by atoms with Crippen molar-refractivity contribution in [3.8, 4) is 28.1 Å². The Morgan fingerprint density at radius 2 is 1.62 bits per heavy atom. The molecule has 0 unspecified atom stereocenters. The Balaban J connectivity index is 1.22. The number of methoxy groups -OCH3 is 1. The van der Waals surface area contributed by atoms with Gasteiger partial charge in [-0.2, -0.15) is 0 Å². The summed E-state index contributed by atoms with van der Waals surface area (Å²) in [7, 11) is 1.02. The van der Waals surface area contributed by atoms with Crippen LogP contribution in [-0.2, 0) is 34.2 Å². The zero-order valence-electron chi connectivity index (χ0n) is 32.1. The molecule has 0 spiro atoms. The minimum Gasteiger partial charge on any atom is -0.497 e. The van der Waals surface area contributed by atoms with Crippen molar-refractivity contribution in [3.63, 3.8) is 0 Å². The lowest BCUT2D eigenvalue weighted by Crippen LogP contribution is -2.33. The van der Waals surface area contributed by atoms with Gasteiger partial charge in [0.2, 0.25) is 0 Å². The lowest BCUT2D eigenvalue weighted by atomic mass is 9.92. The molecule has 4 aromatic carbocycles. The zero-order chi connectivity index (χ0) is 39.0. The molecule has 0 aliphatic carbocycles. The summed E-state index contributed by atoms with van der Waals surface area (Å²) in [5.74, 6) is 0.857. The zero-order valence-corrected chi connectivity index (χ0v) is 32.9. The van der Waals surface area contributed by atoms with Crippen LogP contribution < -0.4 is 4.74 Å². The van der Waals surface area contributed by atoms with Gasteiger partial charge in [-0.05, 0) is 103 Å². The van der Waals surface area contributed by atoms with Gasteiger partial charge in [0.05, 0.1) is 23.9 Å². The van der Waals surface area contributed by atoms with E-state index >= 15 is 0 Å². The fraction of sp³-hybridized carbons (Fsp3) is 0.273. The van der Waals surface area contributed by atoms with E-state index in [1.807, 2.05) is 50.2 Å². The number of amides is 1. The first-order chi connectivity index (χ1) is 26.3. The Hall–Kier alpha value is -5.65. The second kappa shape index (κ2) is 15.2. The van der Waals surface area contributed by atoms with Gasteiger partial charge < -0.3 is 9.64 Å². The monoisotopic (exact) mass is 755 g/mol. The van der Waals surface area contributed by atoms with E-state index in [0.29, 0.717) is 48.3 Å². The maximum atomic E-state index is 14.1. The molecule has 2 aromatic heterocycles. The van der Waals surface area contributed by atoms with E-state index in [1.54, 1.807) is 63.9 Å². The molecule has 3 heterocycles. The fourth-order valence-corrected chi connectivity index (χ4v) is 8.61. The predicted molar refractivity (Wildman–Crippen MR) is 215 cm³/mol. The molecular formula is C44H45N5O5S. The minimum absolute atomic E-state index is 0.114. The lowest BCUT2D eigenvalue weighted by molar-refractivity contribution is -0.118. The van der Waals surface area contributed by atoms with E-state index in [2.05, 4.69) is 24.0 Å². The molecule has 0 bridgehead atoms. The minimum atomic E-state index is -4.03. The topological polar surface area (TPSA) is 115 Å². The third-order valence-electron chi connectivity index (χ3n) is 10.4. The summed E-state index contributed by atoms with van der Waals surface area (Å²) in [5, 5.41) is 0. The molecule has 7 rings (SSSR count). The van der Waals surface area contributed by atoms with Gasteiger partial charge in [-0.3, -0.25) is 14.5 Å². The SMILES string of the molecule is COc1ccc(CC(=O)CCN2CCc3c(C)cc(-c4cnc5c(n4)c(-c4ccc(C(=O)N(C)C)c(C)c4)cn5S(=O)(=O)c4ccc(C)cc4)cc3C2)cc1. The van der Waals surface area contributed by atoms with Crippen LogP contribution in [-0.4, -0.2) is 78.1 Å². The lowest BCUT2D eigenvalue weighted by Gasteiger charge is -2.30. The van der Waals surface area contributed by atoms with E-state index in [-0.39, 0.29) is 22.2 Å². The van der Waals surface area contributed by atoms with Crippen molar-refractivity contribution in [3.05, 3.63) is 130 Å². The standard InChI is InChI=1S/C44H45N5O5S/c1-28-7-14-37(15-8-28)55(52,53)49-27-40(32-11-16-39(30(3)21-32)44(51)47(4)5)42-43(49)45-25-41(46-42)33-22-29(2)38-18-20-48(26-34(38)24-33)19-17-35(50)23-31-9-12-36(54-6)13-10-31/h7-16,21-22,24-25,27H,17-20,23,26H2,1-6H3. The molecule has 0 saturated heterocycles. The van der Waals surface area contributed by atoms with Crippen LogP contribution in [0.2, 0.25) is 0 Å². The van der Waals surface area contributed by atoms with Crippen molar-refractivity contribution in [2.24, 2.45) is 0 Å². The first-order valence-corrected chi connectivity index (χ1v) is 19.8. The molecule has 0 radical (unpaired) electrons. The van der Waals surface area contributed by atoms with E-state index < -0.39 is 10.0 Å². The molecule has 6 aromatic rings. The molecule has 1 aliphatic rings. The number of aryl methyl sites for hydroxylation is 3. The number of rotatable bonds is 11. The third-order valence-corrected chi connectivity index (χ3v) is 12.1. The first-order valence-electron chi connectivity index (χ1n) is 18.3. The van der Waals surface area contributed by atoms with Gasteiger partial charge in [-0.25, -0.2) is 22.4 Å². The Bertz CT molecular complexity index is 2540. The number of carbonyl (C=O) groups excluding carboxylic acids is 2. The first kappa shape index (κ1) is 37.7. The summed E-state index contributed by atoms with van der Waals surface area (Å²) in [6, 6.07) is 24.1. The normalized spacial score (nSPS) is 13.1. The number of ketones is 1. The van der Waals surface area contributed by atoms with Crippen LogP contribution >= 0.6 is 0 Å². The Morgan fingerprint density at radius 3 is 2.31 bits per heavy atom. The molecular weight excluding hydrogens is 711 g/mol. The van der Waals surface area contributed by atoms with Crippen LogP contribution in [0, 0.1) is 20.8 Å². The number of fused-ring (bicyclic) bond motifs is 2. The Labute approximate surface area is 322 Å². The summed E-state index contributed by atoms with van der Waals surface area (Å²) >= 11 is 0. The highest BCUT2D eigenvalue weighted by Crippen LogP contribution is 2.35. The average Bonchev–Trinajstić information content (AvgIpc) is 3.57. The van der Waals surface area contributed by atoms with Crippen molar-refractivity contribution in [1.82, 2.24) is 23.7 Å². The Kier molecular flexibility index (Phi) is 10.4. The Morgan fingerprint density at radius 1 is 0.891 bits per heavy atom. The van der Waals surface area contributed by atoms with Crippen molar-refractivity contribution >= 4 is 32.9 Å². The maximum Gasteiger partial charge on any atom is 0.269 e. The van der Waals surface area contributed by atoms with E-state index in [4.69, 9.17) is 14.7 Å². The molecule has 55 heavy (non-hydrogen) atoms. The number of aromatic nitrogens is 3. The molecule has 1 amide bonds. The van der Waals surface area contributed by atoms with E-state index in [0.717, 1.165) is 52.1 Å². The largest absolute Gasteiger partial charge is 0.497 e. The number of Topliss-reactive ketones (excluding diaryl/α,β-unsaturated/α-hetero) is 1. The van der Waals surface area contributed by atoms with Crippen molar-refractivity contribution < 1.29 is 22.7 Å². The molecule has 0 atom stereocenters. The van der Waals surface area contributed by atoms with Gasteiger partial charge in [0, 0.05) is 69.5 Å². The van der Waals surface area contributed by atoms with Crippen LogP contribution in [0.5, 0.6) is 5.75 Å². The summed E-state index contributed by atoms with van der Waals surface area (Å²) in [4.78, 5) is 39.6. The molecule has 11 heteroatoms. The van der Waals surface area contributed by atoms with Crippen LogP contribution in [0.3, 0.4) is 0 Å². The molecule has 1 aliphatic heterocycles. The number of ether oxygens (including phenoxy) is 1. The summed E-state index contributed by atoms with van der Waals surface area (Å²) in [6.45, 7) is 8.15. The van der Waals surface area contributed by atoms with Gasteiger partial charge >= 0.3 is 0 Å². The van der Waals surface area contributed by atoms with Crippen LogP contribution in [0.25, 0.3) is 33.5 Å². The highest BCUT2D eigenvalue weighted by Gasteiger charge is 2.26. The van der Waals surface area contributed by atoms with Gasteiger partial charge in [-0.15, -0.1) is 0 Å².